The van der Waals surface area contributed by atoms with Crippen LogP contribution in [0.2, 0.25) is 0 Å². The Morgan fingerprint density at radius 2 is 1.94 bits per heavy atom. The summed E-state index contributed by atoms with van der Waals surface area (Å²) < 4.78 is 0. The first-order valence-corrected chi connectivity index (χ1v) is 5.96. The van der Waals surface area contributed by atoms with Gasteiger partial charge in [-0.15, -0.1) is 0 Å². The molecule has 5 nitrogen and oxygen atoms in total. The Labute approximate surface area is 107 Å². The average Bonchev–Trinajstić information content (AvgIpc) is 2.83. The van der Waals surface area contributed by atoms with Crippen LogP contribution in [0.25, 0.3) is 0 Å². The van der Waals surface area contributed by atoms with Crippen LogP contribution in [0.4, 0.5) is 5.13 Å². The minimum Gasteiger partial charge on any atom is -0.476 e. The zero-order chi connectivity index (χ0) is 13.1. The molecular weight excluding hydrogens is 252 g/mol. The molecule has 92 valence electrons. The number of ketones is 1. The molecule has 0 aliphatic carbocycles. The van der Waals surface area contributed by atoms with Crippen molar-refractivity contribution < 1.29 is 14.7 Å². The van der Waals surface area contributed by atoms with Crippen molar-refractivity contribution in [1.82, 2.24) is 4.98 Å². The van der Waals surface area contributed by atoms with Crippen LogP contribution in [0.5, 0.6) is 0 Å². The van der Waals surface area contributed by atoms with Crippen LogP contribution in [0.3, 0.4) is 0 Å². The molecule has 2 aromatic rings. The number of carboxylic acids is 1. The number of carbonyl (C=O) groups excluding carboxylic acids is 1. The Kier molecular flexibility index (Phi) is 3.38. The van der Waals surface area contributed by atoms with Crippen molar-refractivity contribution in [3.05, 3.63) is 46.5 Å². The maximum absolute atomic E-state index is 12.2. The molecule has 0 aliphatic heterocycles. The maximum atomic E-state index is 12.2. The first-order valence-electron chi connectivity index (χ1n) is 5.15. The first kappa shape index (κ1) is 12.3. The van der Waals surface area contributed by atoms with Gasteiger partial charge in [0.1, 0.15) is 4.88 Å². The van der Waals surface area contributed by atoms with Gasteiger partial charge in [-0.2, -0.15) is 0 Å². The number of nitrogens with one attached hydrogen (secondary N) is 1. The third kappa shape index (κ3) is 2.23. The lowest BCUT2D eigenvalue weighted by Gasteiger charge is -1.98. The molecular formula is C12H10N2O3S. The number of carbonyl (C=O) groups is 2. The fourth-order valence-corrected chi connectivity index (χ4v) is 2.32. The van der Waals surface area contributed by atoms with Crippen LogP contribution < -0.4 is 5.32 Å². The Bertz CT molecular complexity index is 593. The van der Waals surface area contributed by atoms with E-state index < -0.39 is 5.97 Å². The molecule has 0 bridgehead atoms. The van der Waals surface area contributed by atoms with Gasteiger partial charge in [-0.05, 0) is 0 Å². The highest BCUT2D eigenvalue weighted by atomic mass is 32.1. The molecule has 1 heterocycles. The molecule has 0 atom stereocenters. The lowest BCUT2D eigenvalue weighted by molar-refractivity contribution is 0.0687. The number of thiazole rings is 1. The van der Waals surface area contributed by atoms with E-state index >= 15 is 0 Å². The molecule has 6 heteroatoms. The van der Waals surface area contributed by atoms with Gasteiger partial charge in [-0.3, -0.25) is 4.79 Å². The van der Waals surface area contributed by atoms with Crippen molar-refractivity contribution in [2.24, 2.45) is 0 Å². The van der Waals surface area contributed by atoms with Crippen LogP contribution in [-0.2, 0) is 0 Å². The van der Waals surface area contributed by atoms with Crippen LogP contribution >= 0.6 is 11.3 Å². The lowest BCUT2D eigenvalue weighted by Crippen LogP contribution is -2.07. The van der Waals surface area contributed by atoms with E-state index in [1.54, 1.807) is 37.4 Å². The van der Waals surface area contributed by atoms with E-state index in [9.17, 15) is 9.59 Å². The summed E-state index contributed by atoms with van der Waals surface area (Å²) in [6, 6.07) is 8.54. The number of anilines is 1. The number of nitrogens with zero attached hydrogens (tertiary/aromatic N) is 1. The van der Waals surface area contributed by atoms with E-state index in [2.05, 4.69) is 10.3 Å². The number of rotatable bonds is 4. The molecule has 0 radical (unpaired) electrons. The number of carboxylic acid groups (broad SMARTS) is 1. The molecule has 0 saturated carbocycles. The number of benzene rings is 1. The average molecular weight is 262 g/mol. The normalized spacial score (nSPS) is 10.1. The molecule has 0 spiro atoms. The van der Waals surface area contributed by atoms with Gasteiger partial charge in [0.05, 0.1) is 0 Å². The highest BCUT2D eigenvalue weighted by molar-refractivity contribution is 7.18. The minimum atomic E-state index is -1.20. The second-order valence-electron chi connectivity index (χ2n) is 3.45. The van der Waals surface area contributed by atoms with E-state index in [1.165, 1.54) is 0 Å². The van der Waals surface area contributed by atoms with Gasteiger partial charge < -0.3 is 10.4 Å². The van der Waals surface area contributed by atoms with E-state index in [-0.39, 0.29) is 16.4 Å². The predicted octanol–water partition coefficient (Wildman–Crippen LogP) is 2.11. The minimum absolute atomic E-state index is 0.137. The van der Waals surface area contributed by atoms with Crippen molar-refractivity contribution in [3.8, 4) is 0 Å². The molecule has 1 aromatic carbocycles. The summed E-state index contributed by atoms with van der Waals surface area (Å²) in [7, 11) is 1.63. The van der Waals surface area contributed by atoms with Crippen molar-refractivity contribution >= 4 is 28.2 Å². The third-order valence-corrected chi connectivity index (χ3v) is 3.36. The van der Waals surface area contributed by atoms with Gasteiger partial charge in [-0.1, -0.05) is 41.7 Å². The van der Waals surface area contributed by atoms with Gasteiger partial charge >= 0.3 is 5.97 Å². The Hall–Kier alpha value is -2.21. The van der Waals surface area contributed by atoms with Crippen LogP contribution in [0.15, 0.2) is 30.3 Å². The van der Waals surface area contributed by atoms with Gasteiger partial charge in [0.15, 0.2) is 10.8 Å². The molecule has 1 aromatic heterocycles. The topological polar surface area (TPSA) is 79.3 Å². The molecule has 18 heavy (non-hydrogen) atoms. The maximum Gasteiger partial charge on any atom is 0.356 e. The quantitative estimate of drug-likeness (QED) is 0.825. The van der Waals surface area contributed by atoms with Gasteiger partial charge in [0.25, 0.3) is 0 Å². The molecule has 0 fully saturated rings. The Balaban J connectivity index is 2.47. The number of aromatic carboxylic acids is 1. The summed E-state index contributed by atoms with van der Waals surface area (Å²) in [5, 5.41) is 12.2. The fraction of sp³-hybridized carbons (Fsp3) is 0.0833. The summed E-state index contributed by atoms with van der Waals surface area (Å²) in [5.41, 5.74) is 0.240. The largest absolute Gasteiger partial charge is 0.476 e. The van der Waals surface area contributed by atoms with E-state index in [1.807, 2.05) is 0 Å². The smallest absolute Gasteiger partial charge is 0.356 e. The summed E-state index contributed by atoms with van der Waals surface area (Å²) in [6.07, 6.45) is 0. The van der Waals surface area contributed by atoms with E-state index in [0.29, 0.717) is 10.7 Å². The van der Waals surface area contributed by atoms with E-state index in [0.717, 1.165) is 11.3 Å². The number of hydrogen-bond donors (Lipinski definition) is 2. The number of aromatic nitrogens is 1. The second kappa shape index (κ2) is 4.97. The highest BCUT2D eigenvalue weighted by Gasteiger charge is 2.23. The molecule has 0 amide bonds. The first-order chi connectivity index (χ1) is 8.63. The molecule has 0 unspecified atom stereocenters. The Morgan fingerprint density at radius 3 is 2.50 bits per heavy atom. The van der Waals surface area contributed by atoms with Crippen LogP contribution in [0, 0.1) is 0 Å². The van der Waals surface area contributed by atoms with Crippen molar-refractivity contribution in [2.75, 3.05) is 12.4 Å². The van der Waals surface area contributed by atoms with Crippen molar-refractivity contribution in [1.29, 1.82) is 0 Å². The zero-order valence-corrected chi connectivity index (χ0v) is 10.3. The van der Waals surface area contributed by atoms with Crippen LogP contribution in [-0.4, -0.2) is 28.9 Å². The molecule has 2 N–H and O–H groups in total. The van der Waals surface area contributed by atoms with Gasteiger partial charge in [0, 0.05) is 12.6 Å². The lowest BCUT2D eigenvalue weighted by atomic mass is 10.1. The summed E-state index contributed by atoms with van der Waals surface area (Å²) in [4.78, 5) is 27.2. The summed E-state index contributed by atoms with van der Waals surface area (Å²) >= 11 is 1.04. The van der Waals surface area contributed by atoms with Gasteiger partial charge in [-0.25, -0.2) is 9.78 Å². The SMILES string of the molecule is CNc1nc(C(=O)O)c(C(=O)c2ccccc2)s1. The molecule has 2 rings (SSSR count). The second-order valence-corrected chi connectivity index (χ2v) is 4.45. The fourth-order valence-electron chi connectivity index (χ4n) is 1.45. The zero-order valence-electron chi connectivity index (χ0n) is 9.51. The highest BCUT2D eigenvalue weighted by Crippen LogP contribution is 2.25. The van der Waals surface area contributed by atoms with E-state index in [4.69, 9.17) is 5.11 Å². The predicted molar refractivity (Wildman–Crippen MR) is 68.5 cm³/mol. The standard InChI is InChI=1S/C12H10N2O3S/c1-13-12-14-8(11(16)17)10(18-12)9(15)7-5-3-2-4-6-7/h2-6H,1H3,(H,13,14)(H,16,17). The molecule has 0 aliphatic rings. The van der Waals surface area contributed by atoms with Crippen molar-refractivity contribution in [2.45, 2.75) is 0 Å². The number of hydrogen-bond acceptors (Lipinski definition) is 5. The monoisotopic (exact) mass is 262 g/mol. The summed E-state index contributed by atoms with van der Waals surface area (Å²) in [6.45, 7) is 0. The van der Waals surface area contributed by atoms with Crippen molar-refractivity contribution in [3.63, 3.8) is 0 Å². The third-order valence-electron chi connectivity index (χ3n) is 2.29. The molecule has 0 saturated heterocycles. The Morgan fingerprint density at radius 1 is 1.28 bits per heavy atom. The van der Waals surface area contributed by atoms with Gasteiger partial charge in [0.2, 0.25) is 5.78 Å². The summed E-state index contributed by atoms with van der Waals surface area (Å²) in [5.74, 6) is -1.53. The van der Waals surface area contributed by atoms with Crippen LogP contribution in [0.1, 0.15) is 25.7 Å².